The van der Waals surface area contributed by atoms with E-state index in [9.17, 15) is 9.90 Å². The zero-order chi connectivity index (χ0) is 20.9. The fourth-order valence-corrected chi connectivity index (χ4v) is 4.22. The fourth-order valence-electron chi connectivity index (χ4n) is 4.22. The molecule has 30 heavy (non-hydrogen) atoms. The number of carbonyl (C=O) groups is 1. The summed E-state index contributed by atoms with van der Waals surface area (Å²) in [7, 11) is 1.61. The largest absolute Gasteiger partial charge is 0.507 e. The van der Waals surface area contributed by atoms with Gasteiger partial charge < -0.3 is 19.5 Å². The smallest absolute Gasteiger partial charge is 0.197 e. The Morgan fingerprint density at radius 3 is 2.73 bits per heavy atom. The van der Waals surface area contributed by atoms with E-state index in [0.717, 1.165) is 17.3 Å². The lowest BCUT2D eigenvalue weighted by atomic mass is 9.93. The number of likely N-dealkylation sites (tertiary alicyclic amines) is 1. The van der Waals surface area contributed by atoms with Gasteiger partial charge in [0.15, 0.2) is 5.78 Å². The number of ether oxygens (including phenoxy) is 2. The quantitative estimate of drug-likeness (QED) is 0.685. The minimum absolute atomic E-state index is 0.00304. The van der Waals surface area contributed by atoms with E-state index in [4.69, 9.17) is 9.47 Å². The Kier molecular flexibility index (Phi) is 6.50. The molecule has 0 saturated carbocycles. The highest BCUT2D eigenvalue weighted by molar-refractivity contribution is 6.19. The van der Waals surface area contributed by atoms with Crippen molar-refractivity contribution in [1.82, 2.24) is 4.90 Å². The second-order valence-corrected chi connectivity index (χ2v) is 7.94. The van der Waals surface area contributed by atoms with E-state index in [1.807, 2.05) is 30.4 Å². The van der Waals surface area contributed by atoms with Crippen molar-refractivity contribution in [3.8, 4) is 11.5 Å². The molecule has 1 atom stereocenters. The van der Waals surface area contributed by atoms with Crippen molar-refractivity contribution < 1.29 is 19.4 Å². The van der Waals surface area contributed by atoms with Crippen LogP contribution in [0.1, 0.15) is 36.0 Å². The van der Waals surface area contributed by atoms with Crippen molar-refractivity contribution in [2.45, 2.75) is 31.8 Å². The summed E-state index contributed by atoms with van der Waals surface area (Å²) in [6.45, 7) is 4.01. The molecule has 0 aromatic heterocycles. The number of carbonyl (C=O) groups excluding carboxylic acids is 1. The summed E-state index contributed by atoms with van der Waals surface area (Å²) < 4.78 is 11.3. The van der Waals surface area contributed by atoms with Crippen molar-refractivity contribution in [2.75, 3.05) is 33.4 Å². The Hall–Kier alpha value is -2.63. The third-order valence-electron chi connectivity index (χ3n) is 5.94. The van der Waals surface area contributed by atoms with Crippen molar-refractivity contribution in [3.05, 3.63) is 59.7 Å². The van der Waals surface area contributed by atoms with Crippen LogP contribution < -0.4 is 4.74 Å². The van der Waals surface area contributed by atoms with E-state index in [1.165, 1.54) is 32.4 Å². The number of fused-ring (bicyclic) bond motifs is 1. The Balaban J connectivity index is 1.41. The van der Waals surface area contributed by atoms with Crippen LogP contribution >= 0.6 is 0 Å². The van der Waals surface area contributed by atoms with Gasteiger partial charge >= 0.3 is 0 Å². The maximum absolute atomic E-state index is 13.2. The van der Waals surface area contributed by atoms with Gasteiger partial charge in [-0.05, 0) is 67.4 Å². The van der Waals surface area contributed by atoms with Gasteiger partial charge in [-0.3, -0.25) is 4.79 Å². The number of hydrogen-bond acceptors (Lipinski definition) is 5. The van der Waals surface area contributed by atoms with Crippen molar-refractivity contribution in [2.24, 2.45) is 0 Å². The number of hydrogen-bond donors (Lipinski definition) is 1. The predicted octanol–water partition coefficient (Wildman–Crippen LogP) is 4.49. The third-order valence-corrected chi connectivity index (χ3v) is 5.94. The topological polar surface area (TPSA) is 59.0 Å². The van der Waals surface area contributed by atoms with Crippen molar-refractivity contribution in [1.29, 1.82) is 0 Å². The highest BCUT2D eigenvalue weighted by Crippen LogP contribution is 2.32. The summed E-state index contributed by atoms with van der Waals surface area (Å²) in [5, 5.41) is 12.0. The van der Waals surface area contributed by atoms with Gasteiger partial charge in [0.05, 0.1) is 25.4 Å². The number of nitrogens with zero attached hydrogens (tertiary/aromatic N) is 1. The van der Waals surface area contributed by atoms with E-state index in [1.54, 1.807) is 25.3 Å². The molecule has 1 aliphatic heterocycles. The number of piperidine rings is 1. The molecule has 1 N–H and O–H groups in total. The third kappa shape index (κ3) is 4.58. The maximum atomic E-state index is 13.2. The summed E-state index contributed by atoms with van der Waals surface area (Å²) in [5.74, 6) is 0.533. The van der Waals surface area contributed by atoms with Crippen LogP contribution in [0, 0.1) is 0 Å². The number of phenolic OH excluding ortho intramolecular Hbond substituents is 1. The number of methoxy groups -OCH3 is 1. The predicted molar refractivity (Wildman–Crippen MR) is 118 cm³/mol. The molecule has 2 aliphatic rings. The minimum Gasteiger partial charge on any atom is -0.507 e. The van der Waals surface area contributed by atoms with Gasteiger partial charge in [0, 0.05) is 12.1 Å². The number of benzene rings is 2. The maximum Gasteiger partial charge on any atom is 0.197 e. The number of phenols is 1. The fraction of sp³-hybridized carbons (Fsp3) is 0.400. The molecule has 4 rings (SSSR count). The Morgan fingerprint density at radius 1 is 1.17 bits per heavy atom. The molecule has 1 aliphatic carbocycles. The lowest BCUT2D eigenvalue weighted by Crippen LogP contribution is -2.33. The molecule has 0 radical (unpaired) electrons. The average Bonchev–Trinajstić information content (AvgIpc) is 2.79. The first-order valence-electron chi connectivity index (χ1n) is 10.7. The molecule has 1 saturated heterocycles. The molecule has 1 fully saturated rings. The van der Waals surface area contributed by atoms with Gasteiger partial charge in [0.1, 0.15) is 11.5 Å². The Bertz CT molecular complexity index is 973. The molecular formula is C25H29NO4. The standard InChI is InChI=1S/C25H29NO4/c1-29-21-10-11-22-19(17-21)7-12-23(27)24(22)25(28)18-5-8-20(9-6-18)30-16-15-26-13-3-2-4-14-26/h5-8,10-12,17,20,27H,2-4,9,13-16H2,1H3. The molecule has 158 valence electrons. The molecule has 0 amide bonds. The summed E-state index contributed by atoms with van der Waals surface area (Å²) in [6, 6.07) is 8.84. The number of aromatic hydroxyl groups is 1. The molecule has 1 heterocycles. The number of Topliss-reactive ketones (excluding diaryl/α,β-unsaturated/α-hetero) is 1. The molecule has 2 aromatic rings. The molecule has 5 heteroatoms. The molecule has 0 bridgehead atoms. The normalized spacial score (nSPS) is 19.6. The summed E-state index contributed by atoms with van der Waals surface area (Å²) in [4.78, 5) is 15.6. The monoisotopic (exact) mass is 407 g/mol. The number of rotatable bonds is 7. The molecule has 0 spiro atoms. The molecule has 1 unspecified atom stereocenters. The van der Waals surface area contributed by atoms with E-state index in [0.29, 0.717) is 29.9 Å². The summed E-state index contributed by atoms with van der Waals surface area (Å²) in [5.41, 5.74) is 0.917. The van der Waals surface area contributed by atoms with E-state index < -0.39 is 0 Å². The van der Waals surface area contributed by atoms with E-state index in [2.05, 4.69) is 4.90 Å². The van der Waals surface area contributed by atoms with Crippen LogP contribution in [-0.2, 0) is 4.74 Å². The molecular weight excluding hydrogens is 378 g/mol. The summed E-state index contributed by atoms with van der Waals surface area (Å²) in [6.07, 6.45) is 10.2. The van der Waals surface area contributed by atoms with Gasteiger partial charge in [0.25, 0.3) is 0 Å². The van der Waals surface area contributed by atoms with E-state index >= 15 is 0 Å². The molecule has 5 nitrogen and oxygen atoms in total. The SMILES string of the molecule is COc1ccc2c(C(=O)C3=CCC(OCCN4CCCCC4)C=C3)c(O)ccc2c1. The van der Waals surface area contributed by atoms with Gasteiger partial charge in [-0.15, -0.1) is 0 Å². The zero-order valence-electron chi connectivity index (χ0n) is 17.5. The highest BCUT2D eigenvalue weighted by Gasteiger charge is 2.21. The first-order chi connectivity index (χ1) is 14.7. The van der Waals surface area contributed by atoms with Crippen LogP contribution in [0.3, 0.4) is 0 Å². The van der Waals surface area contributed by atoms with Gasteiger partial charge in [-0.25, -0.2) is 0 Å². The van der Waals surface area contributed by atoms with Gasteiger partial charge in [0.2, 0.25) is 0 Å². The van der Waals surface area contributed by atoms with Crippen molar-refractivity contribution in [3.63, 3.8) is 0 Å². The van der Waals surface area contributed by atoms with Crippen LogP contribution in [0.4, 0.5) is 0 Å². The van der Waals surface area contributed by atoms with E-state index in [-0.39, 0.29) is 17.6 Å². The number of allylic oxidation sites excluding steroid dienone is 2. The second-order valence-electron chi connectivity index (χ2n) is 7.94. The first kappa shape index (κ1) is 20.6. The van der Waals surface area contributed by atoms with Crippen molar-refractivity contribution >= 4 is 16.6 Å². The zero-order valence-corrected chi connectivity index (χ0v) is 17.5. The highest BCUT2D eigenvalue weighted by atomic mass is 16.5. The Labute approximate surface area is 177 Å². The average molecular weight is 408 g/mol. The lowest BCUT2D eigenvalue weighted by Gasteiger charge is -2.27. The summed E-state index contributed by atoms with van der Waals surface area (Å²) >= 11 is 0. The van der Waals surface area contributed by atoms with Crippen LogP contribution in [0.25, 0.3) is 10.8 Å². The van der Waals surface area contributed by atoms with Crippen LogP contribution in [0.2, 0.25) is 0 Å². The Morgan fingerprint density at radius 2 is 2.00 bits per heavy atom. The van der Waals surface area contributed by atoms with Gasteiger partial charge in [-0.2, -0.15) is 0 Å². The minimum atomic E-state index is -0.175. The van der Waals surface area contributed by atoms with Gasteiger partial charge in [-0.1, -0.05) is 30.7 Å². The van der Waals surface area contributed by atoms with Crippen LogP contribution in [-0.4, -0.2) is 55.2 Å². The lowest BCUT2D eigenvalue weighted by molar-refractivity contribution is 0.0609. The molecule has 2 aromatic carbocycles. The second kappa shape index (κ2) is 9.45. The van der Waals surface area contributed by atoms with Crippen LogP contribution in [0.15, 0.2) is 54.1 Å². The van der Waals surface area contributed by atoms with Crippen LogP contribution in [0.5, 0.6) is 11.5 Å². The number of ketones is 1. The first-order valence-corrected chi connectivity index (χ1v) is 10.7.